The van der Waals surface area contributed by atoms with Crippen LogP contribution in [-0.2, 0) is 10.8 Å². The first-order chi connectivity index (χ1) is 37.5. The minimum Gasteiger partial charge on any atom is -0.334 e. The van der Waals surface area contributed by atoms with Crippen molar-refractivity contribution in [3.05, 3.63) is 264 Å². The van der Waals surface area contributed by atoms with Crippen molar-refractivity contribution in [1.29, 1.82) is 0 Å². The zero-order chi connectivity index (χ0) is 51.6. The molecule has 0 bridgehead atoms. The van der Waals surface area contributed by atoms with Gasteiger partial charge in [-0.25, -0.2) is 0 Å². The largest absolute Gasteiger partial charge is 0.334 e. The summed E-state index contributed by atoms with van der Waals surface area (Å²) in [7, 11) is 0. The molecule has 0 radical (unpaired) electrons. The number of fused-ring (bicyclic) bond motifs is 5. The van der Waals surface area contributed by atoms with Gasteiger partial charge in [-0.1, -0.05) is 211 Å². The fourth-order valence-corrected chi connectivity index (χ4v) is 14.3. The zero-order valence-electron chi connectivity index (χ0n) is 45.1. The molecule has 0 saturated carbocycles. The molecule has 0 fully saturated rings. The third-order valence-electron chi connectivity index (χ3n) is 17.5. The van der Waals surface area contributed by atoms with Gasteiger partial charge < -0.3 is 9.80 Å². The third-order valence-corrected chi connectivity index (χ3v) is 17.5. The van der Waals surface area contributed by atoms with Crippen molar-refractivity contribution in [1.82, 2.24) is 0 Å². The first-order valence-electron chi connectivity index (χ1n) is 28.6. The predicted molar refractivity (Wildman–Crippen MR) is 324 cm³/mol. The maximum atomic E-state index is 2.64. The van der Waals surface area contributed by atoms with E-state index in [0.29, 0.717) is 5.92 Å². The Balaban J connectivity index is 0.843. The van der Waals surface area contributed by atoms with E-state index in [1.807, 2.05) is 0 Å². The highest BCUT2D eigenvalue weighted by atomic mass is 15.2. The third kappa shape index (κ3) is 8.70. The van der Waals surface area contributed by atoms with Crippen LogP contribution >= 0.6 is 0 Å². The fraction of sp³-hybridized carbons (Fsp3) is 0.243. The van der Waals surface area contributed by atoms with Crippen LogP contribution in [0.5, 0.6) is 0 Å². The Kier molecular flexibility index (Phi) is 13.7. The number of hydrogen-bond donors (Lipinski definition) is 0. The molecule has 0 aromatic heterocycles. The van der Waals surface area contributed by atoms with E-state index in [2.05, 4.69) is 268 Å². The number of para-hydroxylation sites is 4. The Bertz CT molecular complexity index is 3380. The van der Waals surface area contributed by atoms with Crippen LogP contribution in [0, 0.1) is 5.92 Å². The average molecular weight is 989 g/mol. The van der Waals surface area contributed by atoms with Gasteiger partial charge in [0.25, 0.3) is 0 Å². The van der Waals surface area contributed by atoms with E-state index in [-0.39, 0.29) is 16.9 Å². The molecule has 2 unspecified atom stereocenters. The second-order valence-electron chi connectivity index (χ2n) is 22.0. The van der Waals surface area contributed by atoms with Gasteiger partial charge in [-0.05, 0) is 184 Å². The molecule has 378 valence electrons. The molecule has 8 aromatic rings. The molecule has 0 heterocycles. The van der Waals surface area contributed by atoms with E-state index < -0.39 is 0 Å². The Morgan fingerprint density at radius 1 is 0.408 bits per heavy atom. The number of anilines is 5. The molecule has 4 aliphatic rings. The molecule has 2 nitrogen and oxygen atoms in total. The highest BCUT2D eigenvalue weighted by Crippen LogP contribution is 2.59. The summed E-state index contributed by atoms with van der Waals surface area (Å²) in [5.41, 5.74) is 24.6. The van der Waals surface area contributed by atoms with Gasteiger partial charge in [-0.3, -0.25) is 0 Å². The van der Waals surface area contributed by atoms with Crippen molar-refractivity contribution < 1.29 is 0 Å². The number of hydrogen-bond acceptors (Lipinski definition) is 2. The van der Waals surface area contributed by atoms with Crippen LogP contribution in [0.15, 0.2) is 242 Å². The van der Waals surface area contributed by atoms with Crippen molar-refractivity contribution in [3.63, 3.8) is 0 Å². The smallest absolute Gasteiger partial charge is 0.0560 e. The lowest BCUT2D eigenvalue weighted by atomic mass is 9.67. The molecule has 76 heavy (non-hydrogen) atoms. The van der Waals surface area contributed by atoms with Gasteiger partial charge >= 0.3 is 0 Å². The van der Waals surface area contributed by atoms with Gasteiger partial charge in [0, 0.05) is 45.2 Å². The number of rotatable bonds is 17. The summed E-state index contributed by atoms with van der Waals surface area (Å²) in [4.78, 5) is 4.84. The maximum absolute atomic E-state index is 2.64. The Morgan fingerprint density at radius 2 is 0.829 bits per heavy atom. The number of benzene rings is 8. The van der Waals surface area contributed by atoms with Gasteiger partial charge in [0.15, 0.2) is 0 Å². The van der Waals surface area contributed by atoms with Crippen LogP contribution in [-0.4, -0.2) is 6.04 Å². The van der Waals surface area contributed by atoms with Crippen molar-refractivity contribution in [3.8, 4) is 33.4 Å². The van der Waals surface area contributed by atoms with Gasteiger partial charge in [0.05, 0.1) is 6.04 Å². The Hall–Kier alpha value is -7.68. The lowest BCUT2D eigenvalue weighted by molar-refractivity contribution is 0.406. The van der Waals surface area contributed by atoms with E-state index in [4.69, 9.17) is 0 Å². The van der Waals surface area contributed by atoms with E-state index in [0.717, 1.165) is 68.4 Å². The monoisotopic (exact) mass is 989 g/mol. The van der Waals surface area contributed by atoms with E-state index in [1.165, 1.54) is 85.4 Å². The normalized spacial score (nSPS) is 17.4. The minimum absolute atomic E-state index is 0.0310. The minimum atomic E-state index is -0.0491. The van der Waals surface area contributed by atoms with Crippen molar-refractivity contribution >= 4 is 34.0 Å². The summed E-state index contributed by atoms with van der Waals surface area (Å²) >= 11 is 0. The lowest BCUT2D eigenvalue weighted by Crippen LogP contribution is -2.31. The molecule has 2 atom stereocenters. The van der Waals surface area contributed by atoms with E-state index in [9.17, 15) is 0 Å². The molecule has 0 amide bonds. The molecule has 12 rings (SSSR count). The molecular weight excluding hydrogens is 917 g/mol. The number of nitrogens with zero attached hydrogens (tertiary/aromatic N) is 2. The van der Waals surface area contributed by atoms with Gasteiger partial charge in [-0.2, -0.15) is 0 Å². The second-order valence-corrected chi connectivity index (χ2v) is 22.0. The van der Waals surface area contributed by atoms with Crippen LogP contribution in [0.3, 0.4) is 0 Å². The summed E-state index contributed by atoms with van der Waals surface area (Å²) in [5.74, 6) is 0.368. The SMILES string of the molecule is CCCC1(CCC)C2=C(C=CC(C3=CCC(N(c4ccccc4)c4ccccc4)C=C3)C2)c2ccc(-c3ccc4c(c3)C(CCC)(CCC)c3cc(-c5ccc(N(c6ccccc6)c6ccccc6)cc5)ccc3-4)cc21. The van der Waals surface area contributed by atoms with Crippen LogP contribution in [0.2, 0.25) is 0 Å². The summed E-state index contributed by atoms with van der Waals surface area (Å²) in [6.07, 6.45) is 23.7. The maximum Gasteiger partial charge on any atom is 0.0560 e. The molecule has 0 saturated heterocycles. The highest BCUT2D eigenvalue weighted by Gasteiger charge is 2.46. The second kappa shape index (κ2) is 21.2. The van der Waals surface area contributed by atoms with Crippen LogP contribution in [0.4, 0.5) is 28.4 Å². The van der Waals surface area contributed by atoms with Crippen molar-refractivity contribution in [2.75, 3.05) is 9.80 Å². The molecule has 0 aliphatic heterocycles. The first-order valence-corrected chi connectivity index (χ1v) is 28.6. The highest BCUT2D eigenvalue weighted by molar-refractivity contribution is 5.91. The zero-order valence-corrected chi connectivity index (χ0v) is 45.1. The molecule has 0 N–H and O–H groups in total. The van der Waals surface area contributed by atoms with Crippen molar-refractivity contribution in [2.45, 2.75) is 109 Å². The van der Waals surface area contributed by atoms with Gasteiger partial charge in [0.2, 0.25) is 0 Å². The summed E-state index contributed by atoms with van der Waals surface area (Å²) in [6.45, 7) is 9.56. The van der Waals surface area contributed by atoms with Crippen molar-refractivity contribution in [2.24, 2.45) is 5.92 Å². The number of allylic oxidation sites excluding steroid dienone is 6. The molecule has 0 spiro atoms. The topological polar surface area (TPSA) is 6.48 Å². The molecule has 2 heteroatoms. The van der Waals surface area contributed by atoms with Crippen LogP contribution in [0.1, 0.15) is 114 Å². The van der Waals surface area contributed by atoms with Crippen LogP contribution in [0.25, 0.3) is 39.0 Å². The van der Waals surface area contributed by atoms with Crippen LogP contribution < -0.4 is 9.80 Å². The molecular formula is C74H72N2. The standard InChI is InChI=1S/C74H72N2/c1-5-45-73(46-6-2)69-49-55(53-29-37-63(38-30-53)75(59-21-13-9-14-22-59)60-23-15-10-16-24-60)33-41-65(69)67-43-35-57(51-71(67)73)58-36-44-68-66-42-34-56(50-70(66)74(47-7-3,48-8-4)72(68)52-58)54-31-39-64(40-32-54)76(61-25-17-11-18-26-61)62-27-19-12-20-28-62/h9-39,41-44,49,51-52,56,64H,5-8,40,45-48,50H2,1-4H3. The van der Waals surface area contributed by atoms with E-state index >= 15 is 0 Å². The summed E-state index contributed by atoms with van der Waals surface area (Å²) < 4.78 is 0. The average Bonchev–Trinajstić information content (AvgIpc) is 3.93. The van der Waals surface area contributed by atoms with Gasteiger partial charge in [-0.15, -0.1) is 0 Å². The summed E-state index contributed by atoms with van der Waals surface area (Å²) in [5, 5.41) is 0. The van der Waals surface area contributed by atoms with E-state index in [1.54, 1.807) is 11.1 Å². The molecule has 8 aromatic carbocycles. The Morgan fingerprint density at radius 3 is 1.30 bits per heavy atom. The Labute approximate surface area is 453 Å². The fourth-order valence-electron chi connectivity index (χ4n) is 14.3. The van der Waals surface area contributed by atoms with Gasteiger partial charge in [0.1, 0.15) is 0 Å². The first kappa shape index (κ1) is 49.2. The lowest BCUT2D eigenvalue weighted by Gasteiger charge is -2.37. The molecule has 4 aliphatic carbocycles. The predicted octanol–water partition coefficient (Wildman–Crippen LogP) is 20.6. The quantitative estimate of drug-likeness (QED) is 0.0897. The summed E-state index contributed by atoms with van der Waals surface area (Å²) in [6, 6.07) is 75.1.